The summed E-state index contributed by atoms with van der Waals surface area (Å²) in [5.74, 6) is 1.81. The smallest absolute Gasteiger partial charge is 0.170 e. The first-order valence-electron chi connectivity index (χ1n) is 4.86. The maximum Gasteiger partial charge on any atom is 0.170 e. The van der Waals surface area contributed by atoms with E-state index in [4.69, 9.17) is 10.8 Å². The highest BCUT2D eigenvalue weighted by Crippen LogP contribution is 2.22. The quantitative estimate of drug-likeness (QED) is 0.588. The third-order valence-corrected chi connectivity index (χ3v) is 4.00. The summed E-state index contributed by atoms with van der Waals surface area (Å²) in [7, 11) is 0. The monoisotopic (exact) mass is 247 g/mol. The van der Waals surface area contributed by atoms with Crippen molar-refractivity contribution >= 4 is 23.3 Å². The van der Waals surface area contributed by atoms with E-state index in [-0.39, 0.29) is 6.61 Å². The lowest BCUT2D eigenvalue weighted by molar-refractivity contribution is 0.200. The number of hydrogen-bond donors (Lipinski definition) is 2. The summed E-state index contributed by atoms with van der Waals surface area (Å²) in [5.41, 5.74) is 5.37. The molecule has 1 aromatic rings. The van der Waals surface area contributed by atoms with Crippen LogP contribution in [0.4, 0.5) is 0 Å². The highest BCUT2D eigenvalue weighted by atomic mass is 32.2. The Hall–Kier alpha value is -0.170. The molecule has 1 unspecified atom stereocenters. The summed E-state index contributed by atoms with van der Waals surface area (Å²) in [6, 6.07) is 0. The zero-order valence-electron chi connectivity index (χ0n) is 9.06. The molecule has 15 heavy (non-hydrogen) atoms. The molecule has 4 nitrogen and oxygen atoms in total. The van der Waals surface area contributed by atoms with E-state index < -0.39 is 5.54 Å². The summed E-state index contributed by atoms with van der Waals surface area (Å²) < 4.78 is 5.11. The normalized spacial score (nSPS) is 15.2. The highest BCUT2D eigenvalue weighted by Gasteiger charge is 2.16. The fraction of sp³-hybridized carbons (Fsp3) is 0.778. The molecule has 0 amide bonds. The van der Waals surface area contributed by atoms with Gasteiger partial charge in [0.05, 0.1) is 6.61 Å². The van der Waals surface area contributed by atoms with Gasteiger partial charge in [-0.15, -0.1) is 0 Å². The average molecular weight is 247 g/mol. The van der Waals surface area contributed by atoms with Crippen molar-refractivity contribution in [3.8, 4) is 0 Å². The lowest BCUT2D eigenvalue weighted by Crippen LogP contribution is -2.40. The van der Waals surface area contributed by atoms with Crippen molar-refractivity contribution in [2.24, 2.45) is 5.73 Å². The predicted molar refractivity (Wildman–Crippen MR) is 64.3 cm³/mol. The molecule has 3 N–H and O–H groups in total. The van der Waals surface area contributed by atoms with Crippen LogP contribution >= 0.6 is 23.3 Å². The maximum atomic E-state index is 8.96. The molecule has 0 saturated carbocycles. The van der Waals surface area contributed by atoms with Gasteiger partial charge in [0.1, 0.15) is 5.82 Å². The third-order valence-electron chi connectivity index (χ3n) is 1.99. The Morgan fingerprint density at radius 3 is 2.87 bits per heavy atom. The molecule has 0 spiro atoms. The van der Waals surface area contributed by atoms with E-state index in [1.165, 1.54) is 11.5 Å². The molecule has 1 aromatic heterocycles. The Bertz CT molecular complexity index is 301. The summed E-state index contributed by atoms with van der Waals surface area (Å²) in [6.07, 6.45) is 1.81. The Kier molecular flexibility index (Phi) is 4.98. The van der Waals surface area contributed by atoms with Gasteiger partial charge in [0.15, 0.2) is 4.34 Å². The molecule has 1 heterocycles. The minimum absolute atomic E-state index is 0.0373. The van der Waals surface area contributed by atoms with Crippen molar-refractivity contribution < 1.29 is 5.11 Å². The second-order valence-corrected chi connectivity index (χ2v) is 5.97. The Labute approximate surface area is 98.5 Å². The standard InChI is InChI=1S/C9H17N3OS2/c1-7-11-8(15-12-7)14-5-3-4-9(2,10)6-13/h13H,3-6,10H2,1-2H3. The first-order chi connectivity index (χ1) is 7.03. The Balaban J connectivity index is 2.17. The van der Waals surface area contributed by atoms with Crippen LogP contribution in [0.15, 0.2) is 4.34 Å². The van der Waals surface area contributed by atoms with Crippen molar-refractivity contribution in [1.29, 1.82) is 0 Å². The second-order valence-electron chi connectivity index (χ2n) is 3.87. The van der Waals surface area contributed by atoms with Crippen LogP contribution in [0.2, 0.25) is 0 Å². The number of aryl methyl sites for hydroxylation is 1. The number of nitrogens with zero attached hydrogens (tertiary/aromatic N) is 2. The van der Waals surface area contributed by atoms with E-state index in [9.17, 15) is 0 Å². The number of aromatic nitrogens is 2. The van der Waals surface area contributed by atoms with Gasteiger partial charge < -0.3 is 10.8 Å². The van der Waals surface area contributed by atoms with E-state index in [0.29, 0.717) is 0 Å². The molecule has 0 saturated heterocycles. The largest absolute Gasteiger partial charge is 0.394 e. The van der Waals surface area contributed by atoms with Gasteiger partial charge in [-0.25, -0.2) is 4.98 Å². The third kappa shape index (κ3) is 4.92. The molecule has 0 bridgehead atoms. The topological polar surface area (TPSA) is 72.0 Å². The Morgan fingerprint density at radius 1 is 1.60 bits per heavy atom. The number of thioether (sulfide) groups is 1. The number of aliphatic hydroxyl groups is 1. The van der Waals surface area contributed by atoms with E-state index >= 15 is 0 Å². The van der Waals surface area contributed by atoms with Crippen LogP contribution in [0, 0.1) is 6.92 Å². The fourth-order valence-corrected chi connectivity index (χ4v) is 2.71. The van der Waals surface area contributed by atoms with Gasteiger partial charge in [-0.2, -0.15) is 4.37 Å². The number of aliphatic hydroxyl groups excluding tert-OH is 1. The summed E-state index contributed by atoms with van der Waals surface area (Å²) in [5, 5.41) is 8.96. The van der Waals surface area contributed by atoms with Crippen LogP contribution in [-0.4, -0.2) is 32.4 Å². The van der Waals surface area contributed by atoms with E-state index in [1.54, 1.807) is 11.8 Å². The molecule has 86 valence electrons. The molecule has 1 atom stereocenters. The maximum absolute atomic E-state index is 8.96. The minimum Gasteiger partial charge on any atom is -0.394 e. The van der Waals surface area contributed by atoms with Crippen molar-refractivity contribution in [3.63, 3.8) is 0 Å². The number of nitrogens with two attached hydrogens (primary N) is 1. The highest BCUT2D eigenvalue weighted by molar-refractivity contribution is 8.00. The van der Waals surface area contributed by atoms with Crippen molar-refractivity contribution in [3.05, 3.63) is 5.82 Å². The molecule has 6 heteroatoms. The van der Waals surface area contributed by atoms with Gasteiger partial charge in [-0.3, -0.25) is 0 Å². The number of rotatable bonds is 6. The minimum atomic E-state index is -0.447. The van der Waals surface area contributed by atoms with Crippen LogP contribution in [0.5, 0.6) is 0 Å². The first-order valence-corrected chi connectivity index (χ1v) is 6.62. The summed E-state index contributed by atoms with van der Waals surface area (Å²) in [6.45, 7) is 3.80. The molecule has 0 aromatic carbocycles. The van der Waals surface area contributed by atoms with Gasteiger partial charge >= 0.3 is 0 Å². The molecule has 1 rings (SSSR count). The van der Waals surface area contributed by atoms with Crippen LogP contribution < -0.4 is 5.73 Å². The zero-order chi connectivity index (χ0) is 11.3. The molecular weight excluding hydrogens is 230 g/mol. The van der Waals surface area contributed by atoms with Gasteiger partial charge in [0, 0.05) is 11.3 Å². The molecular formula is C9H17N3OS2. The van der Waals surface area contributed by atoms with E-state index in [0.717, 1.165) is 28.8 Å². The molecule has 0 aliphatic rings. The SMILES string of the molecule is Cc1nsc(SCCCC(C)(N)CO)n1. The van der Waals surface area contributed by atoms with Crippen molar-refractivity contribution in [2.45, 2.75) is 36.6 Å². The zero-order valence-corrected chi connectivity index (χ0v) is 10.7. The van der Waals surface area contributed by atoms with Gasteiger partial charge in [0.25, 0.3) is 0 Å². The van der Waals surface area contributed by atoms with Crippen LogP contribution in [-0.2, 0) is 0 Å². The Morgan fingerprint density at radius 2 is 2.33 bits per heavy atom. The first kappa shape index (κ1) is 12.9. The van der Waals surface area contributed by atoms with Gasteiger partial charge in [-0.1, -0.05) is 11.8 Å². The molecule has 0 radical (unpaired) electrons. The predicted octanol–water partition coefficient (Wildman–Crippen LogP) is 1.43. The van der Waals surface area contributed by atoms with Gasteiger partial charge in [0.2, 0.25) is 0 Å². The lowest BCUT2D eigenvalue weighted by atomic mass is 9.99. The molecule has 0 fully saturated rings. The number of hydrogen-bond acceptors (Lipinski definition) is 6. The lowest BCUT2D eigenvalue weighted by Gasteiger charge is -2.20. The van der Waals surface area contributed by atoms with Crippen LogP contribution in [0.3, 0.4) is 0 Å². The molecule has 0 aliphatic carbocycles. The average Bonchev–Trinajstić information content (AvgIpc) is 2.59. The van der Waals surface area contributed by atoms with Crippen LogP contribution in [0.1, 0.15) is 25.6 Å². The summed E-state index contributed by atoms with van der Waals surface area (Å²) in [4.78, 5) is 4.25. The van der Waals surface area contributed by atoms with Crippen molar-refractivity contribution in [2.75, 3.05) is 12.4 Å². The van der Waals surface area contributed by atoms with Crippen molar-refractivity contribution in [1.82, 2.24) is 9.36 Å². The summed E-state index contributed by atoms with van der Waals surface area (Å²) >= 11 is 3.13. The fourth-order valence-electron chi connectivity index (χ4n) is 1.05. The second kappa shape index (κ2) is 5.79. The molecule has 0 aliphatic heterocycles. The van der Waals surface area contributed by atoms with E-state index in [1.807, 2.05) is 13.8 Å². The van der Waals surface area contributed by atoms with Crippen LogP contribution in [0.25, 0.3) is 0 Å². The van der Waals surface area contributed by atoms with E-state index in [2.05, 4.69) is 9.36 Å². The van der Waals surface area contributed by atoms with Gasteiger partial charge in [-0.05, 0) is 38.2 Å².